The summed E-state index contributed by atoms with van der Waals surface area (Å²) in [7, 11) is 1.42. The van der Waals surface area contributed by atoms with Crippen LogP contribution >= 0.6 is 11.8 Å². The molecule has 22 heavy (non-hydrogen) atoms. The van der Waals surface area contributed by atoms with Crippen molar-refractivity contribution in [1.82, 2.24) is 4.98 Å². The summed E-state index contributed by atoms with van der Waals surface area (Å²) in [5.74, 6) is -0.829. The molecule has 0 spiro atoms. The van der Waals surface area contributed by atoms with Gasteiger partial charge < -0.3 is 9.25 Å². The smallest absolute Gasteiger partial charge is 0.301 e. The lowest BCUT2D eigenvalue weighted by Crippen LogP contribution is -2.16. The minimum Gasteiger partial charge on any atom is -0.430 e. The molecule has 0 saturated heterocycles. The minimum atomic E-state index is -2.29. The van der Waals surface area contributed by atoms with Gasteiger partial charge in [0.25, 0.3) is 5.22 Å². The van der Waals surface area contributed by atoms with Crippen molar-refractivity contribution in [3.63, 3.8) is 0 Å². The summed E-state index contributed by atoms with van der Waals surface area (Å²) >= 11 is 1.07. The van der Waals surface area contributed by atoms with E-state index in [1.54, 1.807) is 6.92 Å². The summed E-state index contributed by atoms with van der Waals surface area (Å²) < 4.78 is 42.4. The maximum absolute atomic E-state index is 12.8. The van der Waals surface area contributed by atoms with Gasteiger partial charge in [0, 0.05) is 17.6 Å². The Morgan fingerprint density at radius 1 is 1.32 bits per heavy atom. The second-order valence-electron chi connectivity index (χ2n) is 5.53. The highest BCUT2D eigenvalue weighted by Crippen LogP contribution is 2.31. The van der Waals surface area contributed by atoms with E-state index in [-0.39, 0.29) is 22.8 Å². The Hall–Kier alpha value is -1.44. The zero-order chi connectivity index (χ0) is 16.9. The molecule has 1 heterocycles. The summed E-state index contributed by atoms with van der Waals surface area (Å²) in [5.41, 5.74) is 0.909. The van der Waals surface area contributed by atoms with Gasteiger partial charge in [-0.1, -0.05) is 37.7 Å². The molecule has 1 aromatic rings. The second kappa shape index (κ2) is 7.71. The second-order valence-corrected chi connectivity index (χ2v) is 6.58. The first-order valence-electron chi connectivity index (χ1n) is 6.58. The Labute approximate surface area is 131 Å². The number of halogens is 3. The molecule has 0 bridgehead atoms. The standard InChI is InChI=1S/C14H19F3N2O2S/c1-8(19-20-5)10-11(14(2,3)4)18-13(21-10)22-7-6-9(15)12(16)17/h6-7H2,1-5H3/b19-8+. The van der Waals surface area contributed by atoms with Gasteiger partial charge in [-0.3, -0.25) is 0 Å². The number of hydrogen-bond acceptors (Lipinski definition) is 5. The Bertz CT molecular complexity index is 573. The largest absolute Gasteiger partial charge is 0.430 e. The van der Waals surface area contributed by atoms with E-state index in [9.17, 15) is 13.2 Å². The van der Waals surface area contributed by atoms with E-state index in [1.165, 1.54) is 7.11 Å². The van der Waals surface area contributed by atoms with E-state index >= 15 is 0 Å². The average Bonchev–Trinajstić information content (AvgIpc) is 2.83. The normalized spacial score (nSPS) is 12.5. The summed E-state index contributed by atoms with van der Waals surface area (Å²) in [4.78, 5) is 9.09. The molecule has 0 aliphatic heterocycles. The molecular formula is C14H19F3N2O2S. The van der Waals surface area contributed by atoms with Gasteiger partial charge in [0.15, 0.2) is 11.6 Å². The molecule has 0 aliphatic rings. The first-order valence-corrected chi connectivity index (χ1v) is 7.57. The highest BCUT2D eigenvalue weighted by molar-refractivity contribution is 7.99. The number of rotatable bonds is 6. The zero-order valence-electron chi connectivity index (χ0n) is 13.2. The minimum absolute atomic E-state index is 0.104. The predicted molar refractivity (Wildman–Crippen MR) is 80.1 cm³/mol. The van der Waals surface area contributed by atoms with E-state index in [1.807, 2.05) is 20.8 Å². The van der Waals surface area contributed by atoms with Crippen LogP contribution < -0.4 is 0 Å². The van der Waals surface area contributed by atoms with Crippen molar-refractivity contribution in [1.29, 1.82) is 0 Å². The third-order valence-corrected chi connectivity index (χ3v) is 3.46. The SMILES string of the molecule is CO/N=C(\C)c1oc(SCCC(F)=C(F)F)nc1C(C)(C)C. The van der Waals surface area contributed by atoms with E-state index < -0.39 is 11.9 Å². The fourth-order valence-corrected chi connectivity index (χ4v) is 2.37. The summed E-state index contributed by atoms with van der Waals surface area (Å²) in [6.45, 7) is 7.60. The van der Waals surface area contributed by atoms with Crippen molar-refractivity contribution in [2.75, 3.05) is 12.9 Å². The van der Waals surface area contributed by atoms with Crippen LogP contribution in [0.2, 0.25) is 0 Å². The van der Waals surface area contributed by atoms with Gasteiger partial charge in [0.05, 0.1) is 5.69 Å². The summed E-state index contributed by atoms with van der Waals surface area (Å²) in [6, 6.07) is 0. The number of allylic oxidation sites excluding steroid dienone is 1. The molecule has 4 nitrogen and oxygen atoms in total. The quantitative estimate of drug-likeness (QED) is 0.421. The lowest BCUT2D eigenvalue weighted by atomic mass is 9.90. The Morgan fingerprint density at radius 2 is 1.95 bits per heavy atom. The fraction of sp³-hybridized carbons (Fsp3) is 0.571. The van der Waals surface area contributed by atoms with Gasteiger partial charge in [-0.2, -0.15) is 8.78 Å². The third kappa shape index (κ3) is 5.08. The van der Waals surface area contributed by atoms with Gasteiger partial charge in [0.1, 0.15) is 12.8 Å². The lowest BCUT2D eigenvalue weighted by molar-refractivity contribution is 0.212. The summed E-state index contributed by atoms with van der Waals surface area (Å²) in [6.07, 6.45) is -2.66. The van der Waals surface area contributed by atoms with Crippen molar-refractivity contribution in [2.24, 2.45) is 5.16 Å². The van der Waals surface area contributed by atoms with Gasteiger partial charge in [-0.05, 0) is 6.92 Å². The maximum atomic E-state index is 12.8. The van der Waals surface area contributed by atoms with Crippen LogP contribution in [0.5, 0.6) is 0 Å². The molecule has 0 saturated carbocycles. The average molecular weight is 336 g/mol. The molecule has 124 valence electrons. The molecule has 0 unspecified atom stereocenters. The van der Waals surface area contributed by atoms with Crippen molar-refractivity contribution >= 4 is 17.5 Å². The van der Waals surface area contributed by atoms with Crippen molar-refractivity contribution in [2.45, 2.75) is 44.8 Å². The number of nitrogens with zero attached hydrogens (tertiary/aromatic N) is 2. The van der Waals surface area contributed by atoms with Crippen molar-refractivity contribution in [3.8, 4) is 0 Å². The monoisotopic (exact) mass is 336 g/mol. The van der Waals surface area contributed by atoms with Gasteiger partial charge in [-0.15, -0.1) is 0 Å². The van der Waals surface area contributed by atoms with E-state index in [0.29, 0.717) is 17.2 Å². The van der Waals surface area contributed by atoms with Crippen LogP contribution in [0.4, 0.5) is 13.2 Å². The predicted octanol–water partition coefficient (Wildman–Crippen LogP) is 4.90. The van der Waals surface area contributed by atoms with E-state index in [0.717, 1.165) is 11.8 Å². The van der Waals surface area contributed by atoms with Crippen LogP contribution in [0, 0.1) is 0 Å². The topological polar surface area (TPSA) is 47.6 Å². The van der Waals surface area contributed by atoms with E-state index in [2.05, 4.69) is 10.1 Å². The maximum Gasteiger partial charge on any atom is 0.301 e. The highest BCUT2D eigenvalue weighted by Gasteiger charge is 2.26. The van der Waals surface area contributed by atoms with Crippen LogP contribution in [-0.2, 0) is 10.3 Å². The molecular weight excluding hydrogens is 317 g/mol. The van der Waals surface area contributed by atoms with Crippen LogP contribution in [-0.4, -0.2) is 23.6 Å². The molecule has 1 rings (SSSR count). The Balaban J connectivity index is 2.95. The van der Waals surface area contributed by atoms with Crippen LogP contribution in [0.15, 0.2) is 26.7 Å². The number of thioether (sulfide) groups is 1. The lowest BCUT2D eigenvalue weighted by Gasteiger charge is -2.15. The van der Waals surface area contributed by atoms with Crippen molar-refractivity contribution < 1.29 is 22.4 Å². The summed E-state index contributed by atoms with van der Waals surface area (Å²) in [5, 5.41) is 4.11. The molecule has 0 N–H and O–H groups in total. The van der Waals surface area contributed by atoms with Crippen LogP contribution in [0.3, 0.4) is 0 Å². The fourth-order valence-electron chi connectivity index (χ4n) is 1.62. The molecule has 0 fully saturated rings. The Morgan fingerprint density at radius 3 is 2.45 bits per heavy atom. The van der Waals surface area contributed by atoms with Crippen LogP contribution in [0.25, 0.3) is 0 Å². The molecule has 0 atom stereocenters. The number of hydrogen-bond donors (Lipinski definition) is 0. The van der Waals surface area contributed by atoms with Gasteiger partial charge in [0.2, 0.25) is 0 Å². The van der Waals surface area contributed by atoms with Crippen LogP contribution in [0.1, 0.15) is 45.6 Å². The zero-order valence-corrected chi connectivity index (χ0v) is 14.0. The number of oxime groups is 1. The molecule has 1 aromatic heterocycles. The molecule has 0 aromatic carbocycles. The first-order chi connectivity index (χ1) is 10.2. The van der Waals surface area contributed by atoms with Gasteiger partial charge >= 0.3 is 6.08 Å². The van der Waals surface area contributed by atoms with E-state index in [4.69, 9.17) is 9.25 Å². The number of oxazole rings is 1. The molecule has 0 aliphatic carbocycles. The number of aromatic nitrogens is 1. The van der Waals surface area contributed by atoms with Crippen molar-refractivity contribution in [3.05, 3.63) is 23.4 Å². The van der Waals surface area contributed by atoms with Gasteiger partial charge in [-0.25, -0.2) is 9.37 Å². The molecule has 0 amide bonds. The molecule has 0 radical (unpaired) electrons. The molecule has 8 heteroatoms. The Kier molecular flexibility index (Phi) is 6.52. The third-order valence-electron chi connectivity index (χ3n) is 2.63. The first kappa shape index (κ1) is 18.6. The highest BCUT2D eigenvalue weighted by atomic mass is 32.2.